The number of hydrogen-bond donors (Lipinski definition) is 2. The van der Waals surface area contributed by atoms with Crippen molar-refractivity contribution in [2.24, 2.45) is 0 Å². The van der Waals surface area contributed by atoms with Gasteiger partial charge in [0.05, 0.1) is 18.5 Å². The van der Waals surface area contributed by atoms with Crippen LogP contribution in [-0.2, 0) is 6.42 Å². The third-order valence-corrected chi connectivity index (χ3v) is 3.65. The first kappa shape index (κ1) is 12.8. The van der Waals surface area contributed by atoms with Crippen LogP contribution in [0.5, 0.6) is 5.75 Å². The number of thiophene rings is 1. The van der Waals surface area contributed by atoms with Gasteiger partial charge < -0.3 is 15.8 Å². The Morgan fingerprint density at radius 2 is 2.22 bits per heavy atom. The smallest absolute Gasteiger partial charge is 0.121 e. The van der Waals surface area contributed by atoms with Crippen LogP contribution in [0.15, 0.2) is 35.7 Å². The van der Waals surface area contributed by atoms with Gasteiger partial charge in [-0.1, -0.05) is 6.07 Å². The molecule has 96 valence electrons. The lowest BCUT2D eigenvalue weighted by Gasteiger charge is -2.16. The number of methoxy groups -OCH3 is 1. The number of nitrogen functional groups attached to an aromatic ring is 1. The summed E-state index contributed by atoms with van der Waals surface area (Å²) in [5, 5.41) is 5.53. The number of hydrogen-bond acceptors (Lipinski definition) is 4. The molecule has 0 bridgehead atoms. The fourth-order valence-electron chi connectivity index (χ4n) is 1.85. The van der Waals surface area contributed by atoms with Crippen LogP contribution in [0.2, 0.25) is 0 Å². The molecule has 3 nitrogen and oxygen atoms in total. The maximum Gasteiger partial charge on any atom is 0.121 e. The van der Waals surface area contributed by atoms with Crippen molar-refractivity contribution in [3.05, 3.63) is 40.6 Å². The lowest BCUT2D eigenvalue weighted by Crippen LogP contribution is -2.18. The van der Waals surface area contributed by atoms with Crippen LogP contribution in [0, 0.1) is 0 Å². The van der Waals surface area contributed by atoms with Gasteiger partial charge in [0.2, 0.25) is 0 Å². The summed E-state index contributed by atoms with van der Waals surface area (Å²) in [5.74, 6) is 0.781. The number of anilines is 2. The Morgan fingerprint density at radius 1 is 1.39 bits per heavy atom. The van der Waals surface area contributed by atoms with Crippen molar-refractivity contribution in [1.82, 2.24) is 0 Å². The highest BCUT2D eigenvalue weighted by Gasteiger charge is 2.07. The van der Waals surface area contributed by atoms with Crippen molar-refractivity contribution in [1.29, 1.82) is 0 Å². The fraction of sp³-hybridized carbons (Fsp3) is 0.286. The first-order valence-corrected chi connectivity index (χ1v) is 6.79. The molecular weight excluding hydrogens is 244 g/mol. The number of nitrogens with one attached hydrogen (secondary N) is 1. The van der Waals surface area contributed by atoms with Gasteiger partial charge in [0.25, 0.3) is 0 Å². The van der Waals surface area contributed by atoms with Crippen molar-refractivity contribution < 1.29 is 4.74 Å². The molecule has 2 aromatic rings. The Bertz CT molecular complexity index is 497. The summed E-state index contributed by atoms with van der Waals surface area (Å²) >= 11 is 1.78. The van der Waals surface area contributed by atoms with Gasteiger partial charge in [0, 0.05) is 23.4 Å². The third kappa shape index (κ3) is 3.17. The summed E-state index contributed by atoms with van der Waals surface area (Å²) in [6, 6.07) is 10.3. The van der Waals surface area contributed by atoms with Gasteiger partial charge in [-0.2, -0.15) is 0 Å². The van der Waals surface area contributed by atoms with Crippen LogP contribution in [-0.4, -0.2) is 13.2 Å². The second kappa shape index (κ2) is 5.78. The van der Waals surface area contributed by atoms with Gasteiger partial charge in [-0.3, -0.25) is 0 Å². The Balaban J connectivity index is 2.00. The van der Waals surface area contributed by atoms with E-state index in [0.29, 0.717) is 11.7 Å². The molecule has 18 heavy (non-hydrogen) atoms. The van der Waals surface area contributed by atoms with Crippen LogP contribution < -0.4 is 15.8 Å². The number of rotatable bonds is 5. The molecule has 4 heteroatoms. The first-order valence-electron chi connectivity index (χ1n) is 5.91. The Morgan fingerprint density at radius 3 is 2.83 bits per heavy atom. The number of benzene rings is 1. The van der Waals surface area contributed by atoms with Crippen molar-refractivity contribution in [3.63, 3.8) is 0 Å². The topological polar surface area (TPSA) is 47.3 Å². The van der Waals surface area contributed by atoms with Crippen LogP contribution in [0.3, 0.4) is 0 Å². The molecule has 0 fully saturated rings. The molecule has 3 N–H and O–H groups in total. The van der Waals surface area contributed by atoms with Crippen molar-refractivity contribution in [2.45, 2.75) is 19.4 Å². The van der Waals surface area contributed by atoms with E-state index >= 15 is 0 Å². The lowest BCUT2D eigenvalue weighted by molar-refractivity contribution is 0.415. The minimum Gasteiger partial charge on any atom is -0.497 e. The summed E-state index contributed by atoms with van der Waals surface area (Å²) in [6.45, 7) is 2.16. The van der Waals surface area contributed by atoms with E-state index in [-0.39, 0.29) is 0 Å². The molecule has 0 radical (unpaired) electrons. The quantitative estimate of drug-likeness (QED) is 0.812. The second-order valence-electron chi connectivity index (χ2n) is 4.28. The molecule has 0 saturated heterocycles. The highest BCUT2D eigenvalue weighted by Crippen LogP contribution is 2.25. The van der Waals surface area contributed by atoms with Gasteiger partial charge in [-0.15, -0.1) is 11.3 Å². The van der Waals surface area contributed by atoms with E-state index in [2.05, 4.69) is 29.8 Å². The molecule has 0 spiro atoms. The normalized spacial score (nSPS) is 12.1. The zero-order valence-corrected chi connectivity index (χ0v) is 11.5. The summed E-state index contributed by atoms with van der Waals surface area (Å²) in [7, 11) is 1.64. The zero-order chi connectivity index (χ0) is 13.0. The average molecular weight is 262 g/mol. The monoisotopic (exact) mass is 262 g/mol. The van der Waals surface area contributed by atoms with Gasteiger partial charge >= 0.3 is 0 Å². The Kier molecular flexibility index (Phi) is 4.10. The van der Waals surface area contributed by atoms with Crippen LogP contribution in [0.1, 0.15) is 11.8 Å². The predicted octanol–water partition coefficient (Wildman–Crippen LogP) is 3.38. The highest BCUT2D eigenvalue weighted by molar-refractivity contribution is 7.09. The highest BCUT2D eigenvalue weighted by atomic mass is 32.1. The number of nitrogens with two attached hydrogens (primary N) is 1. The molecule has 2 rings (SSSR count). The van der Waals surface area contributed by atoms with E-state index in [1.165, 1.54) is 4.88 Å². The van der Waals surface area contributed by atoms with Gasteiger partial charge in [0.15, 0.2) is 0 Å². The van der Waals surface area contributed by atoms with Gasteiger partial charge in [-0.25, -0.2) is 0 Å². The first-order chi connectivity index (χ1) is 8.69. The maximum atomic E-state index is 5.98. The summed E-state index contributed by atoms with van der Waals surface area (Å²) in [5.41, 5.74) is 7.65. The van der Waals surface area contributed by atoms with Crippen molar-refractivity contribution >= 4 is 22.7 Å². The van der Waals surface area contributed by atoms with Crippen molar-refractivity contribution in [3.8, 4) is 5.75 Å². The molecule has 1 unspecified atom stereocenters. The van der Waals surface area contributed by atoms with E-state index in [1.807, 2.05) is 18.2 Å². The Hall–Kier alpha value is -1.68. The van der Waals surface area contributed by atoms with Gasteiger partial charge in [-0.05, 0) is 30.5 Å². The van der Waals surface area contributed by atoms with Crippen LogP contribution in [0.25, 0.3) is 0 Å². The summed E-state index contributed by atoms with van der Waals surface area (Å²) in [4.78, 5) is 1.38. The maximum absolute atomic E-state index is 5.98. The SMILES string of the molecule is COc1ccc(NC(C)Cc2cccs2)c(N)c1. The summed E-state index contributed by atoms with van der Waals surface area (Å²) in [6.07, 6.45) is 1.00. The van der Waals surface area contributed by atoms with E-state index in [1.54, 1.807) is 18.4 Å². The molecule has 0 aliphatic heterocycles. The molecule has 1 atom stereocenters. The molecule has 1 heterocycles. The molecule has 1 aromatic heterocycles. The molecule has 0 aliphatic rings. The molecular formula is C14H18N2OS. The molecule has 1 aromatic carbocycles. The molecule has 0 aliphatic carbocycles. The third-order valence-electron chi connectivity index (χ3n) is 2.75. The average Bonchev–Trinajstić information content (AvgIpc) is 2.84. The minimum absolute atomic E-state index is 0.347. The lowest BCUT2D eigenvalue weighted by atomic mass is 10.2. The molecule has 0 amide bonds. The van der Waals surface area contributed by atoms with Crippen LogP contribution in [0.4, 0.5) is 11.4 Å². The van der Waals surface area contributed by atoms with E-state index in [0.717, 1.165) is 17.9 Å². The predicted molar refractivity (Wildman–Crippen MR) is 78.5 cm³/mol. The standard InChI is InChI=1S/C14H18N2OS/c1-10(8-12-4-3-7-18-12)16-14-6-5-11(17-2)9-13(14)15/h3-7,9-10,16H,8,15H2,1-2H3. The van der Waals surface area contributed by atoms with Crippen molar-refractivity contribution in [2.75, 3.05) is 18.2 Å². The largest absolute Gasteiger partial charge is 0.497 e. The van der Waals surface area contributed by atoms with E-state index < -0.39 is 0 Å². The summed E-state index contributed by atoms with van der Waals surface area (Å²) < 4.78 is 5.13. The van der Waals surface area contributed by atoms with E-state index in [4.69, 9.17) is 10.5 Å². The second-order valence-corrected chi connectivity index (χ2v) is 5.31. The zero-order valence-electron chi connectivity index (χ0n) is 10.6. The number of ether oxygens (including phenoxy) is 1. The fourth-order valence-corrected chi connectivity index (χ4v) is 2.68. The molecule has 0 saturated carbocycles. The van der Waals surface area contributed by atoms with E-state index in [9.17, 15) is 0 Å². The van der Waals surface area contributed by atoms with Crippen LogP contribution >= 0.6 is 11.3 Å². The van der Waals surface area contributed by atoms with Gasteiger partial charge in [0.1, 0.15) is 5.75 Å². The Labute approximate surface area is 112 Å². The minimum atomic E-state index is 0.347.